The zero-order valence-electron chi connectivity index (χ0n) is 9.17. The van der Waals surface area contributed by atoms with Crippen LogP contribution in [0, 0.1) is 0 Å². The Morgan fingerprint density at radius 1 is 1.29 bits per heavy atom. The van der Waals surface area contributed by atoms with Crippen molar-refractivity contribution < 1.29 is 4.74 Å². The van der Waals surface area contributed by atoms with Crippen molar-refractivity contribution in [2.45, 2.75) is 37.8 Å². The standard InChI is InChI=1S/C11H22N2O/c1-13-6-2-4-10(13)8-12-9-11-5-3-7-14-11/h10-12H,2-9H2,1H3. The molecule has 3 nitrogen and oxygen atoms in total. The Bertz CT molecular complexity index is 169. The summed E-state index contributed by atoms with van der Waals surface area (Å²) in [5.74, 6) is 0. The minimum atomic E-state index is 0.488. The molecule has 0 radical (unpaired) electrons. The van der Waals surface area contributed by atoms with Gasteiger partial charge in [0, 0.05) is 25.7 Å². The molecule has 2 rings (SSSR count). The molecule has 0 spiro atoms. The summed E-state index contributed by atoms with van der Waals surface area (Å²) in [5, 5.41) is 3.53. The van der Waals surface area contributed by atoms with Crippen LogP contribution in [0.5, 0.6) is 0 Å². The minimum absolute atomic E-state index is 0.488. The van der Waals surface area contributed by atoms with Crippen molar-refractivity contribution in [3.05, 3.63) is 0 Å². The second-order valence-electron chi connectivity index (χ2n) is 4.57. The van der Waals surface area contributed by atoms with Crippen LogP contribution in [-0.4, -0.2) is 50.3 Å². The number of ether oxygens (including phenoxy) is 1. The van der Waals surface area contributed by atoms with Crippen LogP contribution >= 0.6 is 0 Å². The van der Waals surface area contributed by atoms with Gasteiger partial charge >= 0.3 is 0 Å². The largest absolute Gasteiger partial charge is 0.377 e. The average Bonchev–Trinajstić information content (AvgIpc) is 2.78. The molecule has 1 N–H and O–H groups in total. The van der Waals surface area contributed by atoms with Crippen molar-refractivity contribution in [3.8, 4) is 0 Å². The lowest BCUT2D eigenvalue weighted by Gasteiger charge is -2.20. The van der Waals surface area contributed by atoms with E-state index in [1.807, 2.05) is 0 Å². The van der Waals surface area contributed by atoms with Crippen LogP contribution in [0.3, 0.4) is 0 Å². The van der Waals surface area contributed by atoms with Gasteiger partial charge in [0.2, 0.25) is 0 Å². The monoisotopic (exact) mass is 198 g/mol. The van der Waals surface area contributed by atoms with Crippen LogP contribution < -0.4 is 5.32 Å². The number of likely N-dealkylation sites (tertiary alicyclic amines) is 1. The lowest BCUT2D eigenvalue weighted by molar-refractivity contribution is 0.108. The SMILES string of the molecule is CN1CCCC1CNCC1CCCO1. The molecule has 14 heavy (non-hydrogen) atoms. The van der Waals surface area contributed by atoms with Crippen molar-refractivity contribution in [2.24, 2.45) is 0 Å². The molecule has 0 aliphatic carbocycles. The molecule has 0 aromatic heterocycles. The Kier molecular flexibility index (Phi) is 3.79. The smallest absolute Gasteiger partial charge is 0.0700 e. The van der Waals surface area contributed by atoms with E-state index in [0.717, 1.165) is 25.7 Å². The first kappa shape index (κ1) is 10.4. The maximum Gasteiger partial charge on any atom is 0.0700 e. The van der Waals surface area contributed by atoms with E-state index in [9.17, 15) is 0 Å². The lowest BCUT2D eigenvalue weighted by atomic mass is 10.2. The first-order chi connectivity index (χ1) is 6.86. The van der Waals surface area contributed by atoms with E-state index in [1.54, 1.807) is 0 Å². The number of hydrogen-bond acceptors (Lipinski definition) is 3. The summed E-state index contributed by atoms with van der Waals surface area (Å²) in [6.45, 7) is 4.42. The Balaban J connectivity index is 1.57. The van der Waals surface area contributed by atoms with Gasteiger partial charge in [0.25, 0.3) is 0 Å². The summed E-state index contributed by atoms with van der Waals surface area (Å²) in [7, 11) is 2.23. The van der Waals surface area contributed by atoms with Gasteiger partial charge in [-0.3, -0.25) is 0 Å². The highest BCUT2D eigenvalue weighted by atomic mass is 16.5. The van der Waals surface area contributed by atoms with Gasteiger partial charge in [-0.25, -0.2) is 0 Å². The van der Waals surface area contributed by atoms with Gasteiger partial charge in [0.05, 0.1) is 6.10 Å². The minimum Gasteiger partial charge on any atom is -0.377 e. The van der Waals surface area contributed by atoms with Crippen LogP contribution in [0.1, 0.15) is 25.7 Å². The fraction of sp³-hybridized carbons (Fsp3) is 1.00. The molecule has 2 atom stereocenters. The van der Waals surface area contributed by atoms with Crippen LogP contribution in [-0.2, 0) is 4.74 Å². The van der Waals surface area contributed by atoms with Gasteiger partial charge in [0.1, 0.15) is 0 Å². The summed E-state index contributed by atoms with van der Waals surface area (Å²) in [4.78, 5) is 2.46. The van der Waals surface area contributed by atoms with Gasteiger partial charge in [-0.1, -0.05) is 0 Å². The summed E-state index contributed by atoms with van der Waals surface area (Å²) >= 11 is 0. The van der Waals surface area contributed by atoms with Gasteiger partial charge in [-0.2, -0.15) is 0 Å². The average molecular weight is 198 g/mol. The van der Waals surface area contributed by atoms with Crippen LogP contribution in [0.25, 0.3) is 0 Å². The number of nitrogens with zero attached hydrogens (tertiary/aromatic N) is 1. The molecular formula is C11H22N2O. The summed E-state index contributed by atoms with van der Waals surface area (Å²) in [6.07, 6.45) is 5.70. The number of likely N-dealkylation sites (N-methyl/N-ethyl adjacent to an activating group) is 1. The predicted octanol–water partition coefficient (Wildman–Crippen LogP) is 0.849. The molecule has 2 aliphatic rings. The second kappa shape index (κ2) is 5.10. The highest BCUT2D eigenvalue weighted by molar-refractivity contribution is 4.79. The summed E-state index contributed by atoms with van der Waals surface area (Å²) in [6, 6.07) is 0.761. The van der Waals surface area contributed by atoms with Crippen molar-refractivity contribution in [3.63, 3.8) is 0 Å². The molecule has 2 heterocycles. The van der Waals surface area contributed by atoms with E-state index < -0.39 is 0 Å². The van der Waals surface area contributed by atoms with E-state index in [2.05, 4.69) is 17.3 Å². The number of nitrogens with one attached hydrogen (secondary N) is 1. The Labute approximate surface area is 86.8 Å². The zero-order chi connectivity index (χ0) is 9.80. The van der Waals surface area contributed by atoms with E-state index in [4.69, 9.17) is 4.74 Å². The fourth-order valence-electron chi connectivity index (χ4n) is 2.45. The zero-order valence-corrected chi connectivity index (χ0v) is 9.17. The Morgan fingerprint density at radius 3 is 2.86 bits per heavy atom. The molecule has 2 aliphatic heterocycles. The van der Waals surface area contributed by atoms with Crippen molar-refractivity contribution in [1.82, 2.24) is 10.2 Å². The van der Waals surface area contributed by atoms with Gasteiger partial charge in [0.15, 0.2) is 0 Å². The molecule has 2 fully saturated rings. The Morgan fingerprint density at radius 2 is 2.21 bits per heavy atom. The fourth-order valence-corrected chi connectivity index (χ4v) is 2.45. The van der Waals surface area contributed by atoms with Crippen molar-refractivity contribution in [2.75, 3.05) is 33.3 Å². The highest BCUT2D eigenvalue weighted by Crippen LogP contribution is 2.14. The van der Waals surface area contributed by atoms with Crippen molar-refractivity contribution in [1.29, 1.82) is 0 Å². The molecule has 82 valence electrons. The molecular weight excluding hydrogens is 176 g/mol. The molecule has 3 heteroatoms. The summed E-state index contributed by atoms with van der Waals surface area (Å²) < 4.78 is 5.57. The first-order valence-electron chi connectivity index (χ1n) is 5.89. The number of hydrogen-bond donors (Lipinski definition) is 1. The van der Waals surface area contributed by atoms with E-state index in [1.165, 1.54) is 32.2 Å². The molecule has 2 saturated heterocycles. The van der Waals surface area contributed by atoms with Gasteiger partial charge in [-0.05, 0) is 39.3 Å². The maximum absolute atomic E-state index is 5.57. The maximum atomic E-state index is 5.57. The lowest BCUT2D eigenvalue weighted by Crippen LogP contribution is -2.38. The molecule has 0 bridgehead atoms. The van der Waals surface area contributed by atoms with Gasteiger partial charge < -0.3 is 15.0 Å². The quantitative estimate of drug-likeness (QED) is 0.725. The second-order valence-corrected chi connectivity index (χ2v) is 4.57. The molecule has 0 amide bonds. The third-order valence-corrected chi connectivity index (χ3v) is 3.45. The third kappa shape index (κ3) is 2.69. The predicted molar refractivity (Wildman–Crippen MR) is 57.5 cm³/mol. The third-order valence-electron chi connectivity index (χ3n) is 3.45. The van der Waals surface area contributed by atoms with E-state index in [-0.39, 0.29) is 0 Å². The molecule has 0 aromatic carbocycles. The highest BCUT2D eigenvalue weighted by Gasteiger charge is 2.21. The van der Waals surface area contributed by atoms with Crippen LogP contribution in [0.2, 0.25) is 0 Å². The van der Waals surface area contributed by atoms with Crippen LogP contribution in [0.4, 0.5) is 0 Å². The van der Waals surface area contributed by atoms with E-state index >= 15 is 0 Å². The molecule has 0 aromatic rings. The normalized spacial score (nSPS) is 34.1. The topological polar surface area (TPSA) is 24.5 Å². The summed E-state index contributed by atoms with van der Waals surface area (Å²) in [5.41, 5.74) is 0. The van der Waals surface area contributed by atoms with Crippen LogP contribution in [0.15, 0.2) is 0 Å². The number of rotatable bonds is 4. The molecule has 2 unspecified atom stereocenters. The van der Waals surface area contributed by atoms with E-state index in [0.29, 0.717) is 6.10 Å². The van der Waals surface area contributed by atoms with Gasteiger partial charge in [-0.15, -0.1) is 0 Å². The Hall–Kier alpha value is -0.120. The van der Waals surface area contributed by atoms with Crippen molar-refractivity contribution >= 4 is 0 Å². The first-order valence-corrected chi connectivity index (χ1v) is 5.89. The molecule has 0 saturated carbocycles.